The maximum absolute atomic E-state index is 10.8. The van der Waals surface area contributed by atoms with E-state index in [1.54, 1.807) is 18.2 Å². The minimum atomic E-state index is -0.469. The van der Waals surface area contributed by atoms with Crippen LogP contribution in [-0.2, 0) is 0 Å². The lowest BCUT2D eigenvalue weighted by molar-refractivity contribution is -0.384. The number of non-ortho nitro benzene ring substituents is 1. The third-order valence-electron chi connectivity index (χ3n) is 4.66. The maximum Gasteiger partial charge on any atom is 0.269 e. The Bertz CT molecular complexity index is 1120. The summed E-state index contributed by atoms with van der Waals surface area (Å²) in [6.45, 7) is 4.34. The van der Waals surface area contributed by atoms with Crippen LogP contribution in [0.25, 0.3) is 11.6 Å². The summed E-state index contributed by atoms with van der Waals surface area (Å²) < 4.78 is 11.9. The topological polar surface area (TPSA) is 85.4 Å². The van der Waals surface area contributed by atoms with Gasteiger partial charge in [0.05, 0.1) is 23.2 Å². The predicted octanol–water partition coefficient (Wildman–Crippen LogP) is 6.20. The molecule has 0 fully saturated rings. The number of rotatable bonds is 8. The zero-order valence-corrected chi connectivity index (χ0v) is 17.3. The first kappa shape index (κ1) is 21.6. The second-order valence-electron chi connectivity index (χ2n) is 6.78. The van der Waals surface area contributed by atoms with E-state index in [0.717, 1.165) is 11.1 Å². The fourth-order valence-corrected chi connectivity index (χ4v) is 3.07. The first-order chi connectivity index (χ1) is 15.0. The van der Waals surface area contributed by atoms with Crippen LogP contribution in [0.3, 0.4) is 0 Å². The largest absolute Gasteiger partial charge is 0.490 e. The van der Waals surface area contributed by atoms with E-state index in [0.29, 0.717) is 29.2 Å². The Labute approximate surface area is 181 Å². The number of benzene rings is 3. The van der Waals surface area contributed by atoms with Crippen molar-refractivity contribution in [3.63, 3.8) is 0 Å². The van der Waals surface area contributed by atoms with Gasteiger partial charge in [-0.05, 0) is 60.9 Å². The zero-order valence-electron chi connectivity index (χ0n) is 17.3. The molecule has 3 aromatic rings. The van der Waals surface area contributed by atoms with Crippen molar-refractivity contribution in [1.82, 2.24) is 0 Å². The quantitative estimate of drug-likeness (QED) is 0.190. The van der Waals surface area contributed by atoms with E-state index in [1.807, 2.05) is 62.4 Å². The van der Waals surface area contributed by atoms with Gasteiger partial charge >= 0.3 is 0 Å². The number of hydrogen-bond acceptors (Lipinski definition) is 5. The van der Waals surface area contributed by atoms with E-state index in [2.05, 4.69) is 6.07 Å². The summed E-state index contributed by atoms with van der Waals surface area (Å²) in [5.41, 5.74) is 2.79. The molecular weight excluding hydrogens is 392 g/mol. The van der Waals surface area contributed by atoms with Gasteiger partial charge < -0.3 is 9.47 Å². The molecule has 0 bridgehead atoms. The molecule has 3 aromatic carbocycles. The van der Waals surface area contributed by atoms with E-state index in [4.69, 9.17) is 9.47 Å². The van der Waals surface area contributed by atoms with Crippen LogP contribution in [0.1, 0.15) is 36.6 Å². The van der Waals surface area contributed by atoms with Crippen LogP contribution in [-0.4, -0.2) is 11.5 Å². The molecule has 0 aliphatic heterocycles. The zero-order chi connectivity index (χ0) is 22.2. The molecule has 0 radical (unpaired) electrons. The molecule has 0 N–H and O–H groups in total. The van der Waals surface area contributed by atoms with Gasteiger partial charge in [0.1, 0.15) is 6.10 Å². The fraction of sp³-hybridized carbons (Fsp3) is 0.160. The van der Waals surface area contributed by atoms with Crippen molar-refractivity contribution in [2.24, 2.45) is 0 Å². The van der Waals surface area contributed by atoms with Crippen molar-refractivity contribution in [3.8, 4) is 17.6 Å². The number of nitro benzene ring substituents is 1. The molecule has 0 heterocycles. The number of nitriles is 1. The minimum Gasteiger partial charge on any atom is -0.490 e. The van der Waals surface area contributed by atoms with E-state index >= 15 is 0 Å². The number of ether oxygens (including phenoxy) is 2. The number of nitro groups is 1. The Morgan fingerprint density at radius 1 is 1.10 bits per heavy atom. The molecule has 0 saturated carbocycles. The summed E-state index contributed by atoms with van der Waals surface area (Å²) in [6.07, 6.45) is 1.56. The summed E-state index contributed by atoms with van der Waals surface area (Å²) in [6, 6.07) is 23.4. The standard InChI is InChI=1S/C25H22N2O4/c1-3-30-25-16-19(9-14-24(25)31-18(2)20-7-5-4-6-8-20)15-22(17-26)21-10-12-23(13-11-21)27(28)29/h4-16,18H,3H2,1-2H3/b22-15-. The SMILES string of the molecule is CCOc1cc(/C=C(/C#N)c2ccc([N+](=O)[O-])cc2)ccc1OC(C)c1ccccc1. The molecular formula is C25H22N2O4. The molecule has 6 heteroatoms. The van der Waals surface area contributed by atoms with Gasteiger partial charge in [0.2, 0.25) is 0 Å². The Balaban J connectivity index is 1.88. The van der Waals surface area contributed by atoms with Gasteiger partial charge in [-0.25, -0.2) is 0 Å². The lowest BCUT2D eigenvalue weighted by Gasteiger charge is -2.18. The molecule has 0 aromatic heterocycles. The van der Waals surface area contributed by atoms with E-state index in [-0.39, 0.29) is 11.8 Å². The van der Waals surface area contributed by atoms with Crippen LogP contribution >= 0.6 is 0 Å². The monoisotopic (exact) mass is 414 g/mol. The highest BCUT2D eigenvalue weighted by Gasteiger charge is 2.13. The Morgan fingerprint density at radius 3 is 2.42 bits per heavy atom. The van der Waals surface area contributed by atoms with Gasteiger partial charge in [-0.3, -0.25) is 10.1 Å². The van der Waals surface area contributed by atoms with Crippen LogP contribution in [0.2, 0.25) is 0 Å². The minimum absolute atomic E-state index is 0.0197. The molecule has 0 spiro atoms. The first-order valence-electron chi connectivity index (χ1n) is 9.87. The molecule has 6 nitrogen and oxygen atoms in total. The molecule has 0 amide bonds. The summed E-state index contributed by atoms with van der Waals surface area (Å²) in [5, 5.41) is 20.4. The predicted molar refractivity (Wildman–Crippen MR) is 120 cm³/mol. The molecule has 0 aliphatic carbocycles. The highest BCUT2D eigenvalue weighted by Crippen LogP contribution is 2.33. The smallest absolute Gasteiger partial charge is 0.269 e. The average Bonchev–Trinajstić information content (AvgIpc) is 2.79. The molecule has 0 aliphatic rings. The van der Waals surface area contributed by atoms with Crippen molar-refractivity contribution in [1.29, 1.82) is 5.26 Å². The summed E-state index contributed by atoms with van der Waals surface area (Å²) in [4.78, 5) is 10.4. The van der Waals surface area contributed by atoms with E-state index in [1.165, 1.54) is 12.1 Å². The van der Waals surface area contributed by atoms with Crippen molar-refractivity contribution in [3.05, 3.63) is 99.6 Å². The van der Waals surface area contributed by atoms with Gasteiger partial charge in [0, 0.05) is 12.1 Å². The Kier molecular flexibility index (Phi) is 7.02. The normalized spacial score (nSPS) is 12.0. The molecule has 1 atom stereocenters. The highest BCUT2D eigenvalue weighted by atomic mass is 16.6. The van der Waals surface area contributed by atoms with Crippen molar-refractivity contribution in [2.75, 3.05) is 6.61 Å². The lowest BCUT2D eigenvalue weighted by Crippen LogP contribution is -2.05. The van der Waals surface area contributed by atoms with Crippen LogP contribution in [0, 0.1) is 21.4 Å². The second-order valence-corrected chi connectivity index (χ2v) is 6.78. The van der Waals surface area contributed by atoms with Gasteiger partial charge in [0.25, 0.3) is 5.69 Å². The summed E-state index contributed by atoms with van der Waals surface area (Å²) in [5.74, 6) is 1.20. The van der Waals surface area contributed by atoms with Gasteiger partial charge in [0.15, 0.2) is 11.5 Å². The van der Waals surface area contributed by atoms with Crippen molar-refractivity contribution in [2.45, 2.75) is 20.0 Å². The van der Waals surface area contributed by atoms with E-state index < -0.39 is 4.92 Å². The van der Waals surface area contributed by atoms with Crippen LogP contribution < -0.4 is 9.47 Å². The van der Waals surface area contributed by atoms with Crippen LogP contribution in [0.5, 0.6) is 11.5 Å². The fourth-order valence-electron chi connectivity index (χ4n) is 3.07. The third kappa shape index (κ3) is 5.49. The Morgan fingerprint density at radius 2 is 1.81 bits per heavy atom. The molecule has 31 heavy (non-hydrogen) atoms. The van der Waals surface area contributed by atoms with Gasteiger partial charge in [-0.1, -0.05) is 36.4 Å². The second kappa shape index (κ2) is 10.1. The number of allylic oxidation sites excluding steroid dienone is 1. The molecule has 1 unspecified atom stereocenters. The summed E-state index contributed by atoms with van der Waals surface area (Å²) >= 11 is 0. The van der Waals surface area contributed by atoms with Crippen molar-refractivity contribution >= 4 is 17.3 Å². The molecule has 0 saturated heterocycles. The summed E-state index contributed by atoms with van der Waals surface area (Å²) in [7, 11) is 0. The maximum atomic E-state index is 10.8. The van der Waals surface area contributed by atoms with Crippen molar-refractivity contribution < 1.29 is 14.4 Å². The number of nitrogens with zero attached hydrogens (tertiary/aromatic N) is 2. The van der Waals surface area contributed by atoms with E-state index in [9.17, 15) is 15.4 Å². The van der Waals surface area contributed by atoms with Gasteiger partial charge in [-0.15, -0.1) is 0 Å². The molecule has 156 valence electrons. The lowest BCUT2D eigenvalue weighted by atomic mass is 10.0. The Hall–Kier alpha value is -4.11. The van der Waals surface area contributed by atoms with Gasteiger partial charge in [-0.2, -0.15) is 5.26 Å². The highest BCUT2D eigenvalue weighted by molar-refractivity contribution is 5.90. The third-order valence-corrected chi connectivity index (χ3v) is 4.66. The number of hydrogen-bond donors (Lipinski definition) is 0. The average molecular weight is 414 g/mol. The molecule has 3 rings (SSSR count). The van der Waals surface area contributed by atoms with Crippen LogP contribution in [0.4, 0.5) is 5.69 Å². The van der Waals surface area contributed by atoms with Crippen LogP contribution in [0.15, 0.2) is 72.8 Å². The first-order valence-corrected chi connectivity index (χ1v) is 9.87.